The molecule has 2 aliphatic rings. The van der Waals surface area contributed by atoms with E-state index in [4.69, 9.17) is 4.74 Å². The predicted octanol–water partition coefficient (Wildman–Crippen LogP) is 3.40. The molecule has 1 saturated carbocycles. The molecule has 1 aliphatic carbocycles. The van der Waals surface area contributed by atoms with Crippen LogP contribution in [0.25, 0.3) is 0 Å². The molecule has 3 rings (SSSR count). The second kappa shape index (κ2) is 8.30. The molecule has 1 aromatic carbocycles. The molecular formula is C22H31FN2O4. The van der Waals surface area contributed by atoms with Gasteiger partial charge in [-0.1, -0.05) is 31.0 Å². The van der Waals surface area contributed by atoms with Gasteiger partial charge in [-0.25, -0.2) is 9.18 Å². The summed E-state index contributed by atoms with van der Waals surface area (Å²) in [6, 6.07) is 5.99. The van der Waals surface area contributed by atoms with Crippen molar-refractivity contribution >= 4 is 12.0 Å². The minimum absolute atomic E-state index is 0.0642. The van der Waals surface area contributed by atoms with Crippen LogP contribution in [-0.4, -0.2) is 47.2 Å². The predicted molar refractivity (Wildman–Crippen MR) is 107 cm³/mol. The summed E-state index contributed by atoms with van der Waals surface area (Å²) in [5.74, 6) is -0.613. The molecule has 0 bridgehead atoms. The monoisotopic (exact) mass is 406 g/mol. The highest BCUT2D eigenvalue weighted by Crippen LogP contribution is 2.47. The molecule has 6 nitrogen and oxygen atoms in total. The quantitative estimate of drug-likeness (QED) is 0.803. The molecule has 7 heteroatoms. The summed E-state index contributed by atoms with van der Waals surface area (Å²) < 4.78 is 19.4. The molecular weight excluding hydrogens is 375 g/mol. The molecule has 1 aromatic rings. The van der Waals surface area contributed by atoms with E-state index in [9.17, 15) is 19.1 Å². The number of halogens is 1. The van der Waals surface area contributed by atoms with Crippen molar-refractivity contribution in [3.63, 3.8) is 0 Å². The van der Waals surface area contributed by atoms with Crippen LogP contribution < -0.4 is 5.32 Å². The Labute approximate surface area is 171 Å². The lowest BCUT2D eigenvalue weighted by atomic mass is 9.67. The van der Waals surface area contributed by atoms with E-state index in [0.717, 1.165) is 19.3 Å². The lowest BCUT2D eigenvalue weighted by Gasteiger charge is -2.37. The van der Waals surface area contributed by atoms with Crippen molar-refractivity contribution < 1.29 is 23.8 Å². The van der Waals surface area contributed by atoms with Gasteiger partial charge in [0.1, 0.15) is 11.4 Å². The Balaban J connectivity index is 1.68. The van der Waals surface area contributed by atoms with Crippen LogP contribution in [-0.2, 0) is 9.53 Å². The van der Waals surface area contributed by atoms with Gasteiger partial charge < -0.3 is 20.1 Å². The van der Waals surface area contributed by atoms with E-state index < -0.39 is 29.0 Å². The number of benzene rings is 1. The van der Waals surface area contributed by atoms with Crippen LogP contribution in [0.4, 0.5) is 9.18 Å². The Bertz CT molecular complexity index is 763. The van der Waals surface area contributed by atoms with Gasteiger partial charge in [0.15, 0.2) is 0 Å². The van der Waals surface area contributed by atoms with Crippen LogP contribution in [0, 0.1) is 17.2 Å². The van der Waals surface area contributed by atoms with Gasteiger partial charge in [0.2, 0.25) is 5.91 Å². The van der Waals surface area contributed by atoms with Crippen LogP contribution in [0.1, 0.15) is 58.1 Å². The first-order valence-corrected chi connectivity index (χ1v) is 10.3. The van der Waals surface area contributed by atoms with Gasteiger partial charge in [-0.15, -0.1) is 0 Å². The fourth-order valence-electron chi connectivity index (χ4n) is 4.51. The second-order valence-electron chi connectivity index (χ2n) is 9.21. The van der Waals surface area contributed by atoms with Gasteiger partial charge in [0, 0.05) is 25.2 Å². The molecule has 0 spiro atoms. The number of amides is 2. The summed E-state index contributed by atoms with van der Waals surface area (Å²) in [6.07, 6.45) is 2.00. The van der Waals surface area contributed by atoms with Gasteiger partial charge in [-0.05, 0) is 45.6 Å². The van der Waals surface area contributed by atoms with Crippen LogP contribution in [0.15, 0.2) is 24.3 Å². The Morgan fingerprint density at radius 3 is 2.76 bits per heavy atom. The zero-order chi connectivity index (χ0) is 21.2. The van der Waals surface area contributed by atoms with Crippen LogP contribution in [0.2, 0.25) is 0 Å². The Kier molecular flexibility index (Phi) is 6.17. The first-order chi connectivity index (χ1) is 13.6. The highest BCUT2D eigenvalue weighted by molar-refractivity contribution is 5.85. The number of hydrogen-bond donors (Lipinski definition) is 2. The third kappa shape index (κ3) is 4.71. The summed E-state index contributed by atoms with van der Waals surface area (Å²) in [5, 5.41) is 13.1. The number of carbonyl (C=O) groups excluding carboxylic acids is 2. The maximum absolute atomic E-state index is 13.9. The first-order valence-electron chi connectivity index (χ1n) is 10.3. The molecule has 1 heterocycles. The first kappa shape index (κ1) is 21.6. The number of likely N-dealkylation sites (tertiary alicyclic amines) is 1. The number of aliphatic hydroxyl groups is 1. The number of aliphatic hydroxyl groups excluding tert-OH is 1. The molecule has 1 unspecified atom stereocenters. The Morgan fingerprint density at radius 2 is 2.07 bits per heavy atom. The molecule has 2 N–H and O–H groups in total. The maximum Gasteiger partial charge on any atom is 0.410 e. The summed E-state index contributed by atoms with van der Waals surface area (Å²) in [7, 11) is 0. The largest absolute Gasteiger partial charge is 0.444 e. The molecule has 0 radical (unpaired) electrons. The number of carbonyl (C=O) groups is 2. The van der Waals surface area contributed by atoms with Crippen molar-refractivity contribution in [2.24, 2.45) is 11.3 Å². The third-order valence-corrected chi connectivity index (χ3v) is 5.94. The zero-order valence-electron chi connectivity index (χ0n) is 17.4. The summed E-state index contributed by atoms with van der Waals surface area (Å²) in [4.78, 5) is 27.4. The Hall–Kier alpha value is -2.15. The topological polar surface area (TPSA) is 78.9 Å². The molecule has 0 aromatic heterocycles. The smallest absolute Gasteiger partial charge is 0.410 e. The molecule has 2 amide bonds. The van der Waals surface area contributed by atoms with E-state index in [1.165, 1.54) is 12.1 Å². The lowest BCUT2D eigenvalue weighted by molar-refractivity contribution is -0.134. The number of rotatable bonds is 4. The molecule has 29 heavy (non-hydrogen) atoms. The number of hydrogen-bond acceptors (Lipinski definition) is 4. The van der Waals surface area contributed by atoms with E-state index in [-0.39, 0.29) is 23.9 Å². The van der Waals surface area contributed by atoms with E-state index in [0.29, 0.717) is 19.5 Å². The van der Waals surface area contributed by atoms with E-state index in [1.807, 2.05) is 20.8 Å². The number of fused-ring (bicyclic) bond motifs is 1. The van der Waals surface area contributed by atoms with Gasteiger partial charge in [0.25, 0.3) is 0 Å². The highest BCUT2D eigenvalue weighted by atomic mass is 19.1. The fourth-order valence-corrected chi connectivity index (χ4v) is 4.51. The van der Waals surface area contributed by atoms with E-state index >= 15 is 0 Å². The van der Waals surface area contributed by atoms with Crippen molar-refractivity contribution in [1.82, 2.24) is 10.2 Å². The third-order valence-electron chi connectivity index (χ3n) is 5.94. The van der Waals surface area contributed by atoms with Crippen LogP contribution in [0.3, 0.4) is 0 Å². The van der Waals surface area contributed by atoms with Crippen molar-refractivity contribution in [2.75, 3.05) is 19.6 Å². The molecule has 2 fully saturated rings. The number of nitrogens with one attached hydrogen (secondary N) is 1. The normalized spacial score (nSPS) is 25.3. The average Bonchev–Trinajstić information content (AvgIpc) is 3.06. The van der Waals surface area contributed by atoms with Crippen molar-refractivity contribution in [3.8, 4) is 0 Å². The standard InChI is InChI=1S/C22H31FN2O4/c1-21(2,3)29-20(28)25-13-15-8-6-7-11-22(15,14-25)19(27)24-12-18(26)16-9-4-5-10-17(16)23/h4-5,9-10,15,18,26H,6-8,11-14H2,1-3H3,(H,24,27)/t15-,18?,22+/m0/s1. The van der Waals surface area contributed by atoms with Crippen molar-refractivity contribution in [1.29, 1.82) is 0 Å². The zero-order valence-corrected chi connectivity index (χ0v) is 17.4. The highest BCUT2D eigenvalue weighted by Gasteiger charge is 2.54. The van der Waals surface area contributed by atoms with E-state index in [2.05, 4.69) is 5.32 Å². The lowest BCUT2D eigenvalue weighted by Crippen LogP contribution is -2.49. The van der Waals surface area contributed by atoms with Gasteiger partial charge >= 0.3 is 6.09 Å². The molecule has 1 aliphatic heterocycles. The van der Waals surface area contributed by atoms with E-state index in [1.54, 1.807) is 17.0 Å². The van der Waals surface area contributed by atoms with Gasteiger partial charge in [0.05, 0.1) is 11.5 Å². The summed E-state index contributed by atoms with van der Waals surface area (Å²) >= 11 is 0. The minimum atomic E-state index is -1.12. The SMILES string of the molecule is CC(C)(C)OC(=O)N1C[C@@H]2CCCC[C@@]2(C(=O)NCC(O)c2ccccc2F)C1. The summed E-state index contributed by atoms with van der Waals surface area (Å²) in [5.41, 5.74) is -1.11. The van der Waals surface area contributed by atoms with Crippen molar-refractivity contribution in [3.05, 3.63) is 35.6 Å². The summed E-state index contributed by atoms with van der Waals surface area (Å²) in [6.45, 7) is 6.20. The number of ether oxygens (including phenoxy) is 1. The minimum Gasteiger partial charge on any atom is -0.444 e. The average molecular weight is 406 g/mol. The van der Waals surface area contributed by atoms with Crippen LogP contribution >= 0.6 is 0 Å². The fraction of sp³-hybridized carbons (Fsp3) is 0.636. The molecule has 3 atom stereocenters. The van der Waals surface area contributed by atoms with Gasteiger partial charge in [-0.3, -0.25) is 4.79 Å². The molecule has 1 saturated heterocycles. The van der Waals surface area contributed by atoms with Crippen LogP contribution in [0.5, 0.6) is 0 Å². The van der Waals surface area contributed by atoms with Crippen molar-refractivity contribution in [2.45, 2.75) is 58.2 Å². The Morgan fingerprint density at radius 1 is 1.34 bits per heavy atom. The number of nitrogens with zero attached hydrogens (tertiary/aromatic N) is 1. The van der Waals surface area contributed by atoms with Gasteiger partial charge in [-0.2, -0.15) is 0 Å². The molecule has 160 valence electrons. The maximum atomic E-state index is 13.9. The second-order valence-corrected chi connectivity index (χ2v) is 9.21.